The van der Waals surface area contributed by atoms with E-state index >= 15 is 0 Å². The van der Waals surface area contributed by atoms with Gasteiger partial charge in [0.15, 0.2) is 0 Å². The molecule has 0 saturated carbocycles. The van der Waals surface area contributed by atoms with Gasteiger partial charge in [-0.05, 0) is 27.2 Å². The monoisotopic (exact) mass is 431 g/mol. The van der Waals surface area contributed by atoms with Crippen LogP contribution in [0.15, 0.2) is 24.3 Å². The second-order valence-corrected chi connectivity index (χ2v) is 9.83. The first-order chi connectivity index (χ1) is 14.7. The number of aliphatic hydroxyl groups excluding tert-OH is 1. The summed E-state index contributed by atoms with van der Waals surface area (Å²) < 4.78 is 6.50. The van der Waals surface area contributed by atoms with Gasteiger partial charge in [0.05, 0.1) is 24.5 Å². The summed E-state index contributed by atoms with van der Waals surface area (Å²) in [6, 6.07) is -0.900. The summed E-state index contributed by atoms with van der Waals surface area (Å²) in [4.78, 5) is 45.9. The zero-order valence-corrected chi connectivity index (χ0v) is 18.8. The molecular formula is C23H33N3O5. The normalized spacial score (nSPS) is 35.3. The largest absolute Gasteiger partial charge is 0.395 e. The molecular weight excluding hydrogens is 398 g/mol. The lowest BCUT2D eigenvalue weighted by Crippen LogP contribution is -2.59. The van der Waals surface area contributed by atoms with Gasteiger partial charge in [-0.3, -0.25) is 14.4 Å². The van der Waals surface area contributed by atoms with Crippen molar-refractivity contribution in [2.24, 2.45) is 11.8 Å². The molecule has 0 bridgehead atoms. The third-order valence-corrected chi connectivity index (χ3v) is 6.89. The number of amides is 3. The van der Waals surface area contributed by atoms with Crippen LogP contribution in [-0.2, 0) is 19.1 Å². The minimum Gasteiger partial charge on any atom is -0.395 e. The highest BCUT2D eigenvalue weighted by molar-refractivity contribution is 6.00. The van der Waals surface area contributed by atoms with Crippen LogP contribution in [0.1, 0.15) is 34.1 Å². The van der Waals surface area contributed by atoms with E-state index in [9.17, 15) is 19.5 Å². The topological polar surface area (TPSA) is 90.4 Å². The fourth-order valence-corrected chi connectivity index (χ4v) is 5.61. The predicted octanol–water partition coefficient (Wildman–Crippen LogP) is 0.565. The van der Waals surface area contributed by atoms with Crippen molar-refractivity contribution in [2.45, 2.75) is 57.4 Å². The molecule has 4 aliphatic heterocycles. The Morgan fingerprint density at radius 1 is 1.10 bits per heavy atom. The molecule has 5 atom stereocenters. The van der Waals surface area contributed by atoms with Gasteiger partial charge in [-0.1, -0.05) is 31.2 Å². The number of hydrogen-bond donors (Lipinski definition) is 1. The highest BCUT2D eigenvalue weighted by Gasteiger charge is 2.71. The van der Waals surface area contributed by atoms with Gasteiger partial charge >= 0.3 is 0 Å². The SMILES string of the molecule is CCCN1CC=C[C@@H]2O[C@]34C=CCN(C(C)(C)C)C(=O)C3N(CCO)C(=O)[C@@H]4[C@@H]2C1=O. The maximum absolute atomic E-state index is 13.8. The fraction of sp³-hybridized carbons (Fsp3) is 0.696. The fourth-order valence-electron chi connectivity index (χ4n) is 5.61. The first kappa shape index (κ1) is 22.0. The molecule has 0 aromatic heterocycles. The summed E-state index contributed by atoms with van der Waals surface area (Å²) in [6.45, 7) is 9.15. The third kappa shape index (κ3) is 3.22. The van der Waals surface area contributed by atoms with E-state index in [0.717, 1.165) is 6.42 Å². The molecule has 8 heteroatoms. The summed E-state index contributed by atoms with van der Waals surface area (Å²) in [6.07, 6.45) is 7.78. The summed E-state index contributed by atoms with van der Waals surface area (Å²) in [7, 11) is 0. The summed E-state index contributed by atoms with van der Waals surface area (Å²) >= 11 is 0. The Morgan fingerprint density at radius 3 is 2.48 bits per heavy atom. The minimum absolute atomic E-state index is 0.0305. The van der Waals surface area contributed by atoms with Crippen LogP contribution >= 0.6 is 0 Å². The first-order valence-corrected chi connectivity index (χ1v) is 11.2. The van der Waals surface area contributed by atoms with E-state index in [1.165, 1.54) is 4.90 Å². The molecule has 1 unspecified atom stereocenters. The molecule has 0 aliphatic carbocycles. The predicted molar refractivity (Wildman–Crippen MR) is 114 cm³/mol. The van der Waals surface area contributed by atoms with Crippen LogP contribution in [0.4, 0.5) is 0 Å². The molecule has 4 aliphatic rings. The van der Waals surface area contributed by atoms with E-state index in [2.05, 4.69) is 0 Å². The lowest BCUT2D eigenvalue weighted by molar-refractivity contribution is -0.151. The van der Waals surface area contributed by atoms with Gasteiger partial charge in [0.2, 0.25) is 17.7 Å². The molecule has 2 fully saturated rings. The van der Waals surface area contributed by atoms with Gasteiger partial charge in [0.25, 0.3) is 0 Å². The second kappa shape index (κ2) is 7.74. The molecule has 0 aromatic rings. The van der Waals surface area contributed by atoms with E-state index in [1.807, 2.05) is 52.0 Å². The molecule has 1 N–H and O–H groups in total. The highest BCUT2D eigenvalue weighted by Crippen LogP contribution is 2.53. The lowest BCUT2D eigenvalue weighted by atomic mass is 9.77. The lowest BCUT2D eigenvalue weighted by Gasteiger charge is -2.40. The Balaban J connectivity index is 1.82. The van der Waals surface area contributed by atoms with Gasteiger partial charge < -0.3 is 24.5 Å². The van der Waals surface area contributed by atoms with Crippen LogP contribution in [0, 0.1) is 11.8 Å². The van der Waals surface area contributed by atoms with Gasteiger partial charge in [-0.2, -0.15) is 0 Å². The number of aliphatic hydroxyl groups is 1. The van der Waals surface area contributed by atoms with Crippen LogP contribution in [0.3, 0.4) is 0 Å². The molecule has 3 amide bonds. The average Bonchev–Trinajstić information content (AvgIpc) is 2.99. The second-order valence-electron chi connectivity index (χ2n) is 9.83. The molecule has 4 rings (SSSR count). The van der Waals surface area contributed by atoms with Crippen molar-refractivity contribution in [2.75, 3.05) is 32.8 Å². The standard InChI is InChI=1S/C23H33N3O5/c1-5-10-24-11-6-8-15-16(19(24)28)17-20(29)25(13-14-27)18-21(30)26(22(2,3)4)12-7-9-23(17,18)31-15/h6-9,15-18,27H,5,10-14H2,1-4H3/t15-,16+,17-,18?,23-/m0/s1. The summed E-state index contributed by atoms with van der Waals surface area (Å²) in [5.41, 5.74) is -1.66. The van der Waals surface area contributed by atoms with Crippen molar-refractivity contribution < 1.29 is 24.2 Å². The van der Waals surface area contributed by atoms with E-state index in [4.69, 9.17) is 4.74 Å². The van der Waals surface area contributed by atoms with Crippen molar-refractivity contribution in [1.82, 2.24) is 14.7 Å². The van der Waals surface area contributed by atoms with Crippen molar-refractivity contribution >= 4 is 17.7 Å². The number of nitrogens with zero attached hydrogens (tertiary/aromatic N) is 3. The molecule has 2 saturated heterocycles. The maximum atomic E-state index is 13.8. The number of carbonyl (C=O) groups is 3. The average molecular weight is 432 g/mol. The van der Waals surface area contributed by atoms with Crippen molar-refractivity contribution in [3.05, 3.63) is 24.3 Å². The van der Waals surface area contributed by atoms with E-state index in [-0.39, 0.29) is 30.9 Å². The number of carbonyl (C=O) groups excluding carboxylic acids is 3. The van der Waals surface area contributed by atoms with E-state index < -0.39 is 35.1 Å². The smallest absolute Gasteiger partial charge is 0.249 e. The summed E-state index contributed by atoms with van der Waals surface area (Å²) in [5, 5.41) is 9.66. The Morgan fingerprint density at radius 2 is 1.84 bits per heavy atom. The first-order valence-electron chi connectivity index (χ1n) is 11.2. The molecule has 1 spiro atoms. The van der Waals surface area contributed by atoms with Crippen molar-refractivity contribution in [3.63, 3.8) is 0 Å². The highest BCUT2D eigenvalue weighted by atomic mass is 16.5. The third-order valence-electron chi connectivity index (χ3n) is 6.89. The molecule has 170 valence electrons. The van der Waals surface area contributed by atoms with Crippen molar-refractivity contribution in [3.8, 4) is 0 Å². The number of likely N-dealkylation sites (tertiary alicyclic amines) is 1. The van der Waals surface area contributed by atoms with E-state index in [1.54, 1.807) is 9.80 Å². The van der Waals surface area contributed by atoms with Crippen LogP contribution < -0.4 is 0 Å². The number of rotatable bonds is 4. The van der Waals surface area contributed by atoms with E-state index in [0.29, 0.717) is 19.6 Å². The molecule has 4 heterocycles. The zero-order valence-electron chi connectivity index (χ0n) is 18.8. The summed E-state index contributed by atoms with van der Waals surface area (Å²) in [5.74, 6) is -2.07. The molecule has 31 heavy (non-hydrogen) atoms. The quantitative estimate of drug-likeness (QED) is 0.657. The molecule has 0 aromatic carbocycles. The minimum atomic E-state index is -1.21. The Bertz CT molecular complexity index is 832. The Kier molecular flexibility index (Phi) is 5.50. The Labute approximate surface area is 183 Å². The zero-order chi connectivity index (χ0) is 22.6. The number of β-amino-alcohol motifs (C(OH)–C–C–N with tert-alkyl or cyclic N) is 1. The van der Waals surface area contributed by atoms with Crippen LogP contribution in [-0.4, -0.2) is 93.6 Å². The van der Waals surface area contributed by atoms with Crippen LogP contribution in [0.2, 0.25) is 0 Å². The number of fused-ring (bicyclic) bond motifs is 2. The van der Waals surface area contributed by atoms with Gasteiger partial charge in [0, 0.05) is 31.7 Å². The molecule has 8 nitrogen and oxygen atoms in total. The van der Waals surface area contributed by atoms with Crippen LogP contribution in [0.25, 0.3) is 0 Å². The van der Waals surface area contributed by atoms with Gasteiger partial charge in [-0.15, -0.1) is 0 Å². The van der Waals surface area contributed by atoms with Gasteiger partial charge in [-0.25, -0.2) is 0 Å². The van der Waals surface area contributed by atoms with Crippen molar-refractivity contribution in [1.29, 1.82) is 0 Å². The number of ether oxygens (including phenoxy) is 1. The maximum Gasteiger partial charge on any atom is 0.249 e. The number of hydrogen-bond acceptors (Lipinski definition) is 5. The van der Waals surface area contributed by atoms with Crippen LogP contribution in [0.5, 0.6) is 0 Å². The molecule has 0 radical (unpaired) electrons. The van der Waals surface area contributed by atoms with Gasteiger partial charge in [0.1, 0.15) is 11.6 Å². The Hall–Kier alpha value is -2.19.